The number of nitro benzene ring substituents is 1. The van der Waals surface area contributed by atoms with Gasteiger partial charge in [0.1, 0.15) is 0 Å². The van der Waals surface area contributed by atoms with Gasteiger partial charge < -0.3 is 5.11 Å². The number of aryl methyl sites for hydroxylation is 1. The van der Waals surface area contributed by atoms with Gasteiger partial charge in [-0.2, -0.15) is 4.39 Å². The van der Waals surface area contributed by atoms with E-state index < -0.39 is 22.4 Å². The Hall–Kier alpha value is -1.98. The van der Waals surface area contributed by atoms with Gasteiger partial charge in [0.25, 0.3) is 0 Å². The fraction of sp³-hybridized carbons (Fsp3) is 0.222. The van der Waals surface area contributed by atoms with Crippen molar-refractivity contribution in [1.82, 2.24) is 0 Å². The SMILES string of the molecule is Cc1cc([N+](=O)[O-])c(F)cc1CC(=O)O. The fourth-order valence-corrected chi connectivity index (χ4v) is 1.20. The minimum Gasteiger partial charge on any atom is -0.481 e. The van der Waals surface area contributed by atoms with Crippen LogP contribution in [0, 0.1) is 22.9 Å². The Bertz CT molecular complexity index is 430. The summed E-state index contributed by atoms with van der Waals surface area (Å²) < 4.78 is 13.1. The number of nitro groups is 1. The van der Waals surface area contributed by atoms with Crippen molar-refractivity contribution in [2.24, 2.45) is 0 Å². The average molecular weight is 213 g/mol. The Morgan fingerprint density at radius 1 is 1.60 bits per heavy atom. The maximum absolute atomic E-state index is 13.1. The maximum Gasteiger partial charge on any atom is 0.307 e. The topological polar surface area (TPSA) is 80.4 Å². The molecule has 0 spiro atoms. The van der Waals surface area contributed by atoms with Crippen molar-refractivity contribution in [3.05, 3.63) is 39.2 Å². The maximum atomic E-state index is 13.1. The fourth-order valence-electron chi connectivity index (χ4n) is 1.20. The summed E-state index contributed by atoms with van der Waals surface area (Å²) in [5.41, 5.74) is -0.00209. The zero-order chi connectivity index (χ0) is 11.6. The van der Waals surface area contributed by atoms with E-state index >= 15 is 0 Å². The summed E-state index contributed by atoms with van der Waals surface area (Å²) in [6.45, 7) is 1.50. The van der Waals surface area contributed by atoms with E-state index in [1.807, 2.05) is 0 Å². The molecule has 1 aromatic rings. The number of rotatable bonds is 3. The van der Waals surface area contributed by atoms with Gasteiger partial charge in [-0.25, -0.2) is 0 Å². The highest BCUT2D eigenvalue weighted by atomic mass is 19.1. The molecule has 80 valence electrons. The smallest absolute Gasteiger partial charge is 0.307 e. The summed E-state index contributed by atoms with van der Waals surface area (Å²) in [5, 5.41) is 18.9. The van der Waals surface area contributed by atoms with E-state index in [-0.39, 0.29) is 12.0 Å². The van der Waals surface area contributed by atoms with Crippen molar-refractivity contribution < 1.29 is 19.2 Å². The van der Waals surface area contributed by atoms with Crippen LogP contribution in [0.15, 0.2) is 12.1 Å². The van der Waals surface area contributed by atoms with E-state index in [9.17, 15) is 19.3 Å². The number of carboxylic acid groups (broad SMARTS) is 1. The minimum absolute atomic E-state index is 0.241. The predicted molar refractivity (Wildman–Crippen MR) is 49.1 cm³/mol. The quantitative estimate of drug-likeness (QED) is 0.611. The van der Waals surface area contributed by atoms with Crippen molar-refractivity contribution in [3.8, 4) is 0 Å². The van der Waals surface area contributed by atoms with E-state index in [2.05, 4.69) is 0 Å². The largest absolute Gasteiger partial charge is 0.481 e. The molecule has 5 nitrogen and oxygen atoms in total. The molecule has 0 aliphatic carbocycles. The first kappa shape index (κ1) is 11.1. The van der Waals surface area contributed by atoms with Crippen LogP contribution in [0.4, 0.5) is 10.1 Å². The second kappa shape index (κ2) is 4.04. The predicted octanol–water partition coefficient (Wildman–Crippen LogP) is 1.67. The molecular weight excluding hydrogens is 205 g/mol. The number of aliphatic carboxylic acids is 1. The number of hydrogen-bond acceptors (Lipinski definition) is 3. The first-order chi connectivity index (χ1) is 6.91. The molecule has 0 heterocycles. The van der Waals surface area contributed by atoms with E-state index in [0.29, 0.717) is 5.56 Å². The van der Waals surface area contributed by atoms with Gasteiger partial charge in [-0.05, 0) is 24.1 Å². The van der Waals surface area contributed by atoms with Crippen LogP contribution in [0.3, 0.4) is 0 Å². The normalized spacial score (nSPS) is 10.0. The van der Waals surface area contributed by atoms with Crippen molar-refractivity contribution >= 4 is 11.7 Å². The van der Waals surface area contributed by atoms with E-state index in [1.165, 1.54) is 6.92 Å². The molecule has 0 fully saturated rings. The third-order valence-electron chi connectivity index (χ3n) is 1.94. The molecule has 0 atom stereocenters. The first-order valence-electron chi connectivity index (χ1n) is 4.07. The lowest BCUT2D eigenvalue weighted by atomic mass is 10.0. The van der Waals surface area contributed by atoms with Crippen LogP contribution in [-0.4, -0.2) is 16.0 Å². The number of carboxylic acids is 1. The molecule has 0 aromatic heterocycles. The number of carbonyl (C=O) groups is 1. The second-order valence-corrected chi connectivity index (χ2v) is 3.06. The van der Waals surface area contributed by atoms with Crippen molar-refractivity contribution in [3.63, 3.8) is 0 Å². The average Bonchev–Trinajstić information content (AvgIpc) is 2.09. The Labute approximate surface area is 84.3 Å². The Morgan fingerprint density at radius 2 is 2.20 bits per heavy atom. The van der Waals surface area contributed by atoms with Gasteiger partial charge >= 0.3 is 11.7 Å². The molecule has 0 radical (unpaired) electrons. The van der Waals surface area contributed by atoms with Crippen LogP contribution in [0.25, 0.3) is 0 Å². The lowest BCUT2D eigenvalue weighted by Gasteiger charge is -2.03. The molecule has 0 aliphatic heterocycles. The van der Waals surface area contributed by atoms with Gasteiger partial charge in [0, 0.05) is 6.07 Å². The molecule has 1 rings (SSSR count). The molecule has 1 N–H and O–H groups in total. The molecular formula is C9H8FNO4. The zero-order valence-electron chi connectivity index (χ0n) is 7.86. The van der Waals surface area contributed by atoms with Gasteiger partial charge in [0.15, 0.2) is 0 Å². The minimum atomic E-state index is -1.11. The number of hydrogen-bond donors (Lipinski definition) is 1. The lowest BCUT2D eigenvalue weighted by Crippen LogP contribution is -2.04. The number of benzene rings is 1. The standard InChI is InChI=1S/C9H8FNO4/c1-5-2-8(11(14)15)7(10)3-6(5)4-9(12)13/h2-3H,4H2,1H3,(H,12,13). The van der Waals surface area contributed by atoms with Gasteiger partial charge in [0.2, 0.25) is 5.82 Å². The lowest BCUT2D eigenvalue weighted by molar-refractivity contribution is -0.387. The highest BCUT2D eigenvalue weighted by Crippen LogP contribution is 2.22. The van der Waals surface area contributed by atoms with E-state index in [0.717, 1.165) is 12.1 Å². The van der Waals surface area contributed by atoms with Crippen molar-refractivity contribution in [2.75, 3.05) is 0 Å². The third kappa shape index (κ3) is 2.49. The zero-order valence-corrected chi connectivity index (χ0v) is 7.86. The van der Waals surface area contributed by atoms with Crippen LogP contribution in [-0.2, 0) is 11.2 Å². The van der Waals surface area contributed by atoms with Crippen LogP contribution in [0.5, 0.6) is 0 Å². The number of nitrogens with zero attached hydrogens (tertiary/aromatic N) is 1. The Kier molecular flexibility index (Phi) is 2.99. The molecule has 0 bridgehead atoms. The highest BCUT2D eigenvalue weighted by molar-refractivity contribution is 5.71. The molecule has 15 heavy (non-hydrogen) atoms. The third-order valence-corrected chi connectivity index (χ3v) is 1.94. The summed E-state index contributed by atoms with van der Waals surface area (Å²) in [4.78, 5) is 19.9. The van der Waals surface area contributed by atoms with Crippen molar-refractivity contribution in [1.29, 1.82) is 0 Å². The monoisotopic (exact) mass is 213 g/mol. The highest BCUT2D eigenvalue weighted by Gasteiger charge is 2.17. The Balaban J connectivity index is 3.19. The summed E-state index contributed by atoms with van der Waals surface area (Å²) >= 11 is 0. The second-order valence-electron chi connectivity index (χ2n) is 3.06. The van der Waals surface area contributed by atoms with E-state index in [4.69, 9.17) is 5.11 Å². The van der Waals surface area contributed by atoms with Crippen molar-refractivity contribution in [2.45, 2.75) is 13.3 Å². The van der Waals surface area contributed by atoms with Gasteiger partial charge in [0.05, 0.1) is 11.3 Å². The molecule has 0 amide bonds. The molecule has 0 unspecified atom stereocenters. The van der Waals surface area contributed by atoms with Gasteiger partial charge in [-0.15, -0.1) is 0 Å². The summed E-state index contributed by atoms with van der Waals surface area (Å²) in [6.07, 6.45) is -0.346. The van der Waals surface area contributed by atoms with Gasteiger partial charge in [-0.3, -0.25) is 14.9 Å². The van der Waals surface area contributed by atoms with E-state index in [1.54, 1.807) is 0 Å². The summed E-state index contributed by atoms with van der Waals surface area (Å²) in [6, 6.07) is 1.93. The van der Waals surface area contributed by atoms with Crippen LogP contribution < -0.4 is 0 Å². The molecule has 0 saturated heterocycles. The molecule has 1 aromatic carbocycles. The Morgan fingerprint density at radius 3 is 2.67 bits per heavy atom. The molecule has 0 aliphatic rings. The van der Waals surface area contributed by atoms with Crippen LogP contribution in [0.1, 0.15) is 11.1 Å². The van der Waals surface area contributed by atoms with Gasteiger partial charge in [-0.1, -0.05) is 0 Å². The van der Waals surface area contributed by atoms with Crippen LogP contribution in [0.2, 0.25) is 0 Å². The number of halogens is 1. The molecule has 6 heteroatoms. The summed E-state index contributed by atoms with van der Waals surface area (Å²) in [7, 11) is 0. The first-order valence-corrected chi connectivity index (χ1v) is 4.07. The van der Waals surface area contributed by atoms with Crippen LogP contribution >= 0.6 is 0 Å². The molecule has 0 saturated carbocycles. The summed E-state index contributed by atoms with van der Waals surface area (Å²) in [5.74, 6) is -2.12.